The molecule has 0 aliphatic rings. The van der Waals surface area contributed by atoms with E-state index in [1.807, 2.05) is 6.92 Å². The van der Waals surface area contributed by atoms with E-state index in [1.54, 1.807) is 12.3 Å². The molecule has 2 nitrogen and oxygen atoms in total. The molecule has 1 aromatic heterocycles. The van der Waals surface area contributed by atoms with Gasteiger partial charge in [-0.3, -0.25) is 0 Å². The fraction of sp³-hybridized carbons (Fsp3) is 0.375. The highest BCUT2D eigenvalue weighted by atomic mass is 35.5. The lowest BCUT2D eigenvalue weighted by molar-refractivity contribution is 0.326. The average Bonchev–Trinajstić information content (AvgIpc) is 2.09. The van der Waals surface area contributed by atoms with Crippen molar-refractivity contribution in [3.63, 3.8) is 0 Å². The van der Waals surface area contributed by atoms with Gasteiger partial charge >= 0.3 is 0 Å². The third-order valence-electron chi connectivity index (χ3n) is 1.35. The molecule has 0 spiro atoms. The highest BCUT2D eigenvalue weighted by Crippen LogP contribution is 2.20. The van der Waals surface area contributed by atoms with E-state index in [4.69, 9.17) is 27.9 Å². The molecule has 1 aromatic rings. The molecule has 0 unspecified atom stereocenters. The van der Waals surface area contributed by atoms with E-state index >= 15 is 0 Å². The van der Waals surface area contributed by atoms with Crippen molar-refractivity contribution in [2.24, 2.45) is 0 Å². The second-order valence-electron chi connectivity index (χ2n) is 2.18. The van der Waals surface area contributed by atoms with Crippen molar-refractivity contribution in [3.05, 3.63) is 22.8 Å². The van der Waals surface area contributed by atoms with Crippen LogP contribution in [0.5, 0.6) is 5.88 Å². The van der Waals surface area contributed by atoms with Gasteiger partial charge in [-0.05, 0) is 12.5 Å². The van der Waals surface area contributed by atoms with Crippen LogP contribution in [0.4, 0.5) is 0 Å². The standard InChI is InChI=1S/C8H9Cl2NO/c1-2-12-8-3-6(4-9)7(10)5-11-8/h3,5H,2,4H2,1H3. The van der Waals surface area contributed by atoms with Crippen molar-refractivity contribution in [2.45, 2.75) is 12.8 Å². The number of aromatic nitrogens is 1. The van der Waals surface area contributed by atoms with E-state index in [1.165, 1.54) is 0 Å². The van der Waals surface area contributed by atoms with Crippen LogP contribution in [-0.4, -0.2) is 11.6 Å². The van der Waals surface area contributed by atoms with Crippen LogP contribution in [-0.2, 0) is 5.88 Å². The van der Waals surface area contributed by atoms with Crippen molar-refractivity contribution in [1.82, 2.24) is 4.98 Å². The van der Waals surface area contributed by atoms with Crippen LogP contribution in [0.1, 0.15) is 12.5 Å². The quantitative estimate of drug-likeness (QED) is 0.709. The zero-order valence-electron chi connectivity index (χ0n) is 6.68. The maximum Gasteiger partial charge on any atom is 0.213 e. The average molecular weight is 206 g/mol. The lowest BCUT2D eigenvalue weighted by atomic mass is 10.3. The van der Waals surface area contributed by atoms with Gasteiger partial charge in [0.2, 0.25) is 5.88 Å². The monoisotopic (exact) mass is 205 g/mol. The van der Waals surface area contributed by atoms with Crippen LogP contribution in [0.2, 0.25) is 5.02 Å². The van der Waals surface area contributed by atoms with Crippen LogP contribution in [0, 0.1) is 0 Å². The van der Waals surface area contributed by atoms with Crippen molar-refractivity contribution in [3.8, 4) is 5.88 Å². The fourth-order valence-electron chi connectivity index (χ4n) is 0.788. The summed E-state index contributed by atoms with van der Waals surface area (Å²) >= 11 is 11.4. The molecule has 12 heavy (non-hydrogen) atoms. The van der Waals surface area contributed by atoms with Crippen molar-refractivity contribution < 1.29 is 4.74 Å². The van der Waals surface area contributed by atoms with Gasteiger partial charge in [-0.1, -0.05) is 11.6 Å². The third-order valence-corrected chi connectivity index (χ3v) is 1.97. The van der Waals surface area contributed by atoms with Crippen LogP contribution in [0.15, 0.2) is 12.3 Å². The lowest BCUT2D eigenvalue weighted by Gasteiger charge is -2.03. The summed E-state index contributed by atoms with van der Waals surface area (Å²) in [7, 11) is 0. The smallest absolute Gasteiger partial charge is 0.213 e. The van der Waals surface area contributed by atoms with Gasteiger partial charge in [-0.25, -0.2) is 4.98 Å². The van der Waals surface area contributed by atoms with Crippen LogP contribution in [0.3, 0.4) is 0 Å². The molecule has 1 heterocycles. The maximum absolute atomic E-state index is 5.79. The Kier molecular flexibility index (Phi) is 3.63. The Morgan fingerprint density at radius 1 is 1.58 bits per heavy atom. The second-order valence-corrected chi connectivity index (χ2v) is 2.86. The molecule has 0 amide bonds. The number of hydrogen-bond acceptors (Lipinski definition) is 2. The summed E-state index contributed by atoms with van der Waals surface area (Å²) in [6, 6.07) is 1.75. The SMILES string of the molecule is CCOc1cc(CCl)c(Cl)cn1. The van der Waals surface area contributed by atoms with Gasteiger partial charge in [0.15, 0.2) is 0 Å². The molecule has 0 saturated carbocycles. The van der Waals surface area contributed by atoms with Crippen LogP contribution >= 0.6 is 23.2 Å². The molecular formula is C8H9Cl2NO. The molecule has 0 saturated heterocycles. The number of halogens is 2. The summed E-state index contributed by atoms with van der Waals surface area (Å²) in [6.07, 6.45) is 1.55. The van der Waals surface area contributed by atoms with Gasteiger partial charge in [-0.2, -0.15) is 0 Å². The van der Waals surface area contributed by atoms with E-state index in [2.05, 4.69) is 4.98 Å². The Bertz CT molecular complexity index is 265. The minimum atomic E-state index is 0.376. The first-order valence-electron chi connectivity index (χ1n) is 3.61. The Labute approximate surface area is 81.5 Å². The predicted octanol–water partition coefficient (Wildman–Crippen LogP) is 2.87. The molecule has 1 rings (SSSR count). The van der Waals surface area contributed by atoms with Crippen molar-refractivity contribution in [1.29, 1.82) is 0 Å². The molecule has 0 fully saturated rings. The fourth-order valence-corrected chi connectivity index (χ4v) is 1.25. The summed E-state index contributed by atoms with van der Waals surface area (Å²) in [6.45, 7) is 2.49. The first-order valence-corrected chi connectivity index (χ1v) is 4.52. The molecule has 0 aromatic carbocycles. The minimum Gasteiger partial charge on any atom is -0.478 e. The molecule has 66 valence electrons. The Morgan fingerprint density at radius 3 is 2.92 bits per heavy atom. The molecule has 0 radical (unpaired) electrons. The third kappa shape index (κ3) is 2.26. The Hall–Kier alpha value is -0.470. The van der Waals surface area contributed by atoms with E-state index < -0.39 is 0 Å². The van der Waals surface area contributed by atoms with Crippen molar-refractivity contribution >= 4 is 23.2 Å². The first-order chi connectivity index (χ1) is 5.77. The maximum atomic E-state index is 5.79. The van der Waals surface area contributed by atoms with Gasteiger partial charge in [0, 0.05) is 18.1 Å². The van der Waals surface area contributed by atoms with Gasteiger partial charge in [0.1, 0.15) is 0 Å². The minimum absolute atomic E-state index is 0.376. The molecule has 0 bridgehead atoms. The lowest BCUT2D eigenvalue weighted by Crippen LogP contribution is -1.95. The molecule has 0 atom stereocenters. The number of alkyl halides is 1. The van der Waals surface area contributed by atoms with Crippen LogP contribution in [0.25, 0.3) is 0 Å². The summed E-state index contributed by atoms with van der Waals surface area (Å²) < 4.78 is 5.17. The molecule has 0 aliphatic carbocycles. The number of pyridine rings is 1. The zero-order chi connectivity index (χ0) is 8.97. The summed E-state index contributed by atoms with van der Waals surface area (Å²) in [5, 5.41) is 0.577. The predicted molar refractivity (Wildman–Crippen MR) is 50.0 cm³/mol. The highest BCUT2D eigenvalue weighted by molar-refractivity contribution is 6.32. The number of ether oxygens (including phenoxy) is 1. The van der Waals surface area contributed by atoms with E-state index in [-0.39, 0.29) is 0 Å². The van der Waals surface area contributed by atoms with E-state index in [0.29, 0.717) is 23.4 Å². The second kappa shape index (κ2) is 4.53. The largest absolute Gasteiger partial charge is 0.478 e. The molecule has 4 heteroatoms. The van der Waals surface area contributed by atoms with E-state index in [0.717, 1.165) is 5.56 Å². The zero-order valence-corrected chi connectivity index (χ0v) is 8.19. The van der Waals surface area contributed by atoms with Crippen LogP contribution < -0.4 is 4.74 Å². The summed E-state index contributed by atoms with van der Waals surface area (Å²) in [5.41, 5.74) is 0.844. The van der Waals surface area contributed by atoms with Gasteiger partial charge in [-0.15, -0.1) is 11.6 Å². The summed E-state index contributed by atoms with van der Waals surface area (Å²) in [4.78, 5) is 3.96. The number of rotatable bonds is 3. The normalized spacial score (nSPS) is 9.92. The van der Waals surface area contributed by atoms with Crippen molar-refractivity contribution in [2.75, 3.05) is 6.61 Å². The Balaban J connectivity index is 2.89. The van der Waals surface area contributed by atoms with Gasteiger partial charge in [0.05, 0.1) is 11.6 Å². The number of hydrogen-bond donors (Lipinski definition) is 0. The highest BCUT2D eigenvalue weighted by Gasteiger charge is 2.01. The summed E-state index contributed by atoms with van der Waals surface area (Å²) in [5.74, 6) is 0.944. The molecular weight excluding hydrogens is 197 g/mol. The topological polar surface area (TPSA) is 22.1 Å². The molecule has 0 aliphatic heterocycles. The van der Waals surface area contributed by atoms with Gasteiger partial charge in [0.25, 0.3) is 0 Å². The van der Waals surface area contributed by atoms with Gasteiger partial charge < -0.3 is 4.74 Å². The van der Waals surface area contributed by atoms with E-state index in [9.17, 15) is 0 Å². The first kappa shape index (κ1) is 9.62. The molecule has 0 N–H and O–H groups in total. The Morgan fingerprint density at radius 2 is 2.33 bits per heavy atom. The number of nitrogens with zero attached hydrogens (tertiary/aromatic N) is 1.